The Balaban J connectivity index is 0.000000130. The zero-order valence-corrected chi connectivity index (χ0v) is 62.9. The van der Waals surface area contributed by atoms with Gasteiger partial charge in [0.2, 0.25) is 0 Å². The van der Waals surface area contributed by atoms with Gasteiger partial charge in [0.25, 0.3) is 23.6 Å². The number of anilines is 4. The number of methoxy groups -OCH3 is 2. The molecule has 8 aliphatic carbocycles. The summed E-state index contributed by atoms with van der Waals surface area (Å²) in [5, 5.41) is 56.2. The van der Waals surface area contributed by atoms with Crippen LogP contribution in [0, 0.1) is 22.6 Å². The fraction of sp³-hybridized carbons (Fsp3) is 0.493. The summed E-state index contributed by atoms with van der Waals surface area (Å²) in [6, 6.07) is 16.6. The lowest BCUT2D eigenvalue weighted by Crippen LogP contribution is -2.56. The molecule has 0 radical (unpaired) electrons. The number of hydrogen-bond donors (Lipinski definition) is 8. The summed E-state index contributed by atoms with van der Waals surface area (Å²) in [6.45, 7) is 0. The van der Waals surface area contributed by atoms with Gasteiger partial charge in [0.05, 0.1) is 66.5 Å². The normalized spacial score (nSPS) is 30.2. The number of ketones is 4. The second kappa shape index (κ2) is 29.0. The summed E-state index contributed by atoms with van der Waals surface area (Å²) in [5.41, 5.74) is -6.53. The number of amides is 4. The van der Waals surface area contributed by atoms with Crippen LogP contribution in [0.5, 0.6) is 0 Å². The van der Waals surface area contributed by atoms with E-state index in [0.29, 0.717) is 40.2 Å². The summed E-state index contributed by atoms with van der Waals surface area (Å²) in [6.07, 6.45) is 13.8. The van der Waals surface area contributed by atoms with Gasteiger partial charge in [-0.2, -0.15) is 0 Å². The molecule has 4 bridgehead atoms. The van der Waals surface area contributed by atoms with Crippen LogP contribution in [-0.4, -0.2) is 118 Å². The molecule has 8 fully saturated rings. The van der Waals surface area contributed by atoms with E-state index in [1.807, 2.05) is 0 Å². The molecule has 5 aromatic rings. The third-order valence-electron chi connectivity index (χ3n) is 24.0. The molecule has 8 saturated carbocycles. The van der Waals surface area contributed by atoms with E-state index in [0.717, 1.165) is 108 Å². The van der Waals surface area contributed by atoms with Gasteiger partial charge in [-0.25, -0.2) is 4.39 Å². The molecule has 0 unspecified atom stereocenters. The minimum Gasteiger partial charge on any atom is -0.381 e. The average molecular weight is 1580 g/mol. The average Bonchev–Trinajstić information content (AvgIpc) is 1.60. The predicted octanol–water partition coefficient (Wildman–Crippen LogP) is 15.3. The molecule has 4 heterocycles. The maximum atomic E-state index is 14.4. The van der Waals surface area contributed by atoms with Crippen LogP contribution in [0.25, 0.3) is 0 Å². The highest BCUT2D eigenvalue weighted by Crippen LogP contribution is 2.59. The molecular weight excluding hydrogens is 1500 g/mol. The first-order chi connectivity index (χ1) is 48.6. The van der Waals surface area contributed by atoms with Gasteiger partial charge in [-0.3, -0.25) is 38.4 Å². The van der Waals surface area contributed by atoms with E-state index in [-0.39, 0.29) is 129 Å². The Kier molecular flexibility index (Phi) is 21.7. The van der Waals surface area contributed by atoms with Crippen LogP contribution < -0.4 is 21.3 Å². The Hall–Kier alpha value is -5.37. The second-order valence-electron chi connectivity index (χ2n) is 29.6. The van der Waals surface area contributed by atoms with Crippen molar-refractivity contribution >= 4 is 162 Å². The van der Waals surface area contributed by atoms with Crippen LogP contribution in [0.15, 0.2) is 66.7 Å². The van der Waals surface area contributed by atoms with Gasteiger partial charge in [-0.05, 0) is 202 Å². The van der Waals surface area contributed by atoms with Crippen molar-refractivity contribution in [2.24, 2.45) is 16.7 Å². The Bertz CT molecular complexity index is 4330. The number of nitrogens with zero attached hydrogens (tertiary/aromatic N) is 1. The van der Waals surface area contributed by atoms with Crippen molar-refractivity contribution in [3.63, 3.8) is 0 Å². The molecule has 4 atom stereocenters. The topological polar surface area (TPSA) is 287 Å². The van der Waals surface area contributed by atoms with Crippen LogP contribution >= 0.6 is 92.8 Å². The van der Waals surface area contributed by atoms with Crippen molar-refractivity contribution in [3.8, 4) is 0 Å². The van der Waals surface area contributed by atoms with E-state index in [1.54, 1.807) is 44.6 Å². The number of carbonyl (C=O) groups excluding carboxylic acids is 8. The van der Waals surface area contributed by atoms with Gasteiger partial charge in [0.15, 0.2) is 28.2 Å². The zero-order valence-electron chi connectivity index (χ0n) is 56.9. The van der Waals surface area contributed by atoms with Crippen LogP contribution in [0.4, 0.5) is 27.1 Å². The molecule has 8 N–H and O–H groups in total. The zero-order chi connectivity index (χ0) is 74.5. The predicted molar refractivity (Wildman–Crippen MR) is 391 cm³/mol. The van der Waals surface area contributed by atoms with Gasteiger partial charge in [-0.15, -0.1) is 0 Å². The Morgan fingerprint density at radius 1 is 0.466 bits per heavy atom. The highest BCUT2D eigenvalue weighted by atomic mass is 35.5. The van der Waals surface area contributed by atoms with Crippen molar-refractivity contribution in [2.45, 2.75) is 187 Å². The van der Waals surface area contributed by atoms with Gasteiger partial charge < -0.3 is 56.1 Å². The number of nitrogens with one attached hydrogen (secondary N) is 4. The van der Waals surface area contributed by atoms with E-state index in [2.05, 4.69) is 40.3 Å². The summed E-state index contributed by atoms with van der Waals surface area (Å²) < 4.78 is 25.4. The lowest BCUT2D eigenvalue weighted by atomic mass is 9.54. The van der Waals surface area contributed by atoms with Gasteiger partial charge >= 0.3 is 0 Å². The number of fused-ring (bicyclic) bond motifs is 10. The Morgan fingerprint density at radius 2 is 0.806 bits per heavy atom. The number of hydrogen-bond acceptors (Lipinski definition) is 15. The first-order valence-electron chi connectivity index (χ1n) is 34.3. The van der Waals surface area contributed by atoms with E-state index in [1.165, 1.54) is 36.4 Å². The van der Waals surface area contributed by atoms with Crippen molar-refractivity contribution in [2.75, 3.05) is 49.6 Å². The second-order valence-corrected chi connectivity index (χ2v) is 32.9. The summed E-state index contributed by atoms with van der Waals surface area (Å²) in [5.74, 6) is -4.17. The fourth-order valence-corrected chi connectivity index (χ4v) is 19.1. The van der Waals surface area contributed by atoms with Crippen LogP contribution in [0.2, 0.25) is 40.2 Å². The van der Waals surface area contributed by atoms with Crippen molar-refractivity contribution < 1.29 is 72.6 Å². The number of ether oxygens (including phenoxy) is 2. The van der Waals surface area contributed by atoms with Crippen LogP contribution in [0.1, 0.15) is 185 Å². The molecule has 12 aliphatic rings. The first kappa shape index (κ1) is 77.3. The fourth-order valence-electron chi connectivity index (χ4n) is 17.1. The SMILES string of the molecule is CN(C)C12CCC(C(=O)C[C@]3(O)C(=O)Nc4c(Cl)ccc(Cl)c43)(CC1)CC2.COC12CCC(C(=O)C[C@]3(O)C(=O)Nc4c(Cl)ccc(Cl)c43)(CC1)CC2.COC1CCC(C(=O)C[C@]2(O)C(=O)Nc3c(Cl)ccc(Cl)c32)CC1.O=C(C[C@]1(O)C(=O)Nc2c(Cl)ccc(Cl)c21)c1ccc(C2CC2)cc1F. The lowest BCUT2D eigenvalue weighted by molar-refractivity contribution is -0.158. The maximum absolute atomic E-state index is 14.4. The highest BCUT2D eigenvalue weighted by Gasteiger charge is 2.60. The minimum atomic E-state index is -2.20. The number of aliphatic hydroxyl groups is 4. The lowest BCUT2D eigenvalue weighted by Gasteiger charge is -2.55. The summed E-state index contributed by atoms with van der Waals surface area (Å²) in [7, 11) is 7.61. The Morgan fingerprint density at radius 3 is 1.14 bits per heavy atom. The molecule has 28 heteroatoms. The molecule has 19 nitrogen and oxygen atoms in total. The smallest absolute Gasteiger partial charge is 0.261 e. The van der Waals surface area contributed by atoms with E-state index < -0.39 is 74.9 Å². The largest absolute Gasteiger partial charge is 0.381 e. The van der Waals surface area contributed by atoms with Crippen LogP contribution in [0.3, 0.4) is 0 Å². The van der Waals surface area contributed by atoms with Crippen molar-refractivity contribution in [1.82, 2.24) is 4.90 Å². The third kappa shape index (κ3) is 13.9. The molecular formula is C75H78Cl8FN5O14. The number of benzene rings is 5. The number of halogens is 9. The number of rotatable bonds is 16. The van der Waals surface area contributed by atoms with E-state index in [9.17, 15) is 63.2 Å². The third-order valence-corrected chi connectivity index (χ3v) is 26.5. The molecule has 4 amide bonds. The van der Waals surface area contributed by atoms with Crippen LogP contribution in [-0.2, 0) is 65.4 Å². The van der Waals surface area contributed by atoms with Crippen molar-refractivity contribution in [1.29, 1.82) is 0 Å². The van der Waals surface area contributed by atoms with Gasteiger partial charge in [0, 0.05) is 98.1 Å². The monoisotopic (exact) mass is 1570 g/mol. The highest BCUT2D eigenvalue weighted by molar-refractivity contribution is 6.41. The summed E-state index contributed by atoms with van der Waals surface area (Å²) >= 11 is 49.2. The molecule has 0 spiro atoms. The number of Topliss-reactive ketones (excluding diaryl/α,β-unsaturated/α-hetero) is 4. The minimum absolute atomic E-state index is 0.0417. The maximum Gasteiger partial charge on any atom is 0.261 e. The van der Waals surface area contributed by atoms with E-state index >= 15 is 0 Å². The van der Waals surface area contributed by atoms with Crippen molar-refractivity contribution in [3.05, 3.63) is 146 Å². The molecule has 550 valence electrons. The summed E-state index contributed by atoms with van der Waals surface area (Å²) in [4.78, 5) is 104. The number of carbonyl (C=O) groups is 8. The molecule has 0 aromatic heterocycles. The Labute approximate surface area is 634 Å². The molecule has 0 saturated heterocycles. The quantitative estimate of drug-likeness (QED) is 0.0426. The molecule has 17 rings (SSSR count). The van der Waals surface area contributed by atoms with Gasteiger partial charge in [0.1, 0.15) is 23.2 Å². The first-order valence-corrected chi connectivity index (χ1v) is 37.4. The molecule has 5 aromatic carbocycles. The van der Waals surface area contributed by atoms with E-state index in [4.69, 9.17) is 102 Å². The van der Waals surface area contributed by atoms with Gasteiger partial charge in [-0.1, -0.05) is 98.9 Å². The molecule has 103 heavy (non-hydrogen) atoms. The standard InChI is InChI=1S/C20H24Cl2N2O3.C19H14Cl2FNO3.C19H21Cl2NO4.C17H19Cl2NO4/c1-24(2)19-8-5-18(6-9-19,7-10-19)14(25)11-20(27)15-12(21)3-4-13(22)16(15)23-17(20)26;20-12-5-6-13(21)17-16(12)19(26,18(25)23-17)8-15(24)11-4-3-10(7-14(11)22)9-1-2-9;1-26-18-7-4-17(5-8-18,6-9-18)13(23)10-19(25)14-11(20)2-3-12(21)15(14)22-16(19)24;1-24-10-4-2-9(3-5-10)13(21)8-17(23)14-11(18)6-7-12(19)15(14)20-16(17)22/h3-4,27H,5-11H2,1-2H3,(H,23,26);3-7,9,26H,1-2,8H2,(H,23,25);2-3,25H,4-10H2,1H3,(H,22,24);6-7,9-10,23H,2-5,8H2,1H3,(H,20,22)/t18?,19?,20-;19-;17?,18?,19-;9?,10?,17-/m1111/s1. The molecule has 4 aliphatic heterocycles.